The van der Waals surface area contributed by atoms with Crippen molar-refractivity contribution in [3.8, 4) is 0 Å². The van der Waals surface area contributed by atoms with Crippen LogP contribution in [0.1, 0.15) is 45.4 Å². The third-order valence-corrected chi connectivity index (χ3v) is 7.39. The van der Waals surface area contributed by atoms with Gasteiger partial charge in [-0.1, -0.05) is 13.3 Å². The molecular formula is C14H32NO3Si+. The highest BCUT2D eigenvalue weighted by atomic mass is 28.4. The summed E-state index contributed by atoms with van der Waals surface area (Å²) < 4.78 is 18.1. The first-order valence-corrected chi connectivity index (χ1v) is 9.59. The van der Waals surface area contributed by atoms with Crippen molar-refractivity contribution in [1.29, 1.82) is 0 Å². The first kappa shape index (κ1) is 17.1. The van der Waals surface area contributed by atoms with Gasteiger partial charge in [0.2, 0.25) is 0 Å². The molecule has 4 nitrogen and oxygen atoms in total. The van der Waals surface area contributed by atoms with Gasteiger partial charge in [-0.3, -0.25) is 0 Å². The van der Waals surface area contributed by atoms with Crippen molar-refractivity contribution in [2.75, 3.05) is 47.1 Å². The summed E-state index contributed by atoms with van der Waals surface area (Å²) in [5, 5.41) is 0. The lowest BCUT2D eigenvalue weighted by atomic mass is 10.1. The molecule has 5 heteroatoms. The molecule has 0 amide bonds. The molecule has 0 aromatic heterocycles. The Balaban J connectivity index is 2.71. The van der Waals surface area contributed by atoms with Crippen LogP contribution in [0.15, 0.2) is 0 Å². The van der Waals surface area contributed by atoms with E-state index in [1.165, 1.54) is 58.2 Å². The molecule has 1 heterocycles. The highest BCUT2D eigenvalue weighted by Crippen LogP contribution is 2.24. The van der Waals surface area contributed by atoms with Gasteiger partial charge in [0, 0.05) is 21.3 Å². The summed E-state index contributed by atoms with van der Waals surface area (Å²) in [6, 6.07) is 0. The Kier molecular flexibility index (Phi) is 7.53. The molecule has 0 aliphatic carbocycles. The number of nitrogens with zero attached hydrogens (tertiary/aromatic N) is 1. The Labute approximate surface area is 120 Å². The van der Waals surface area contributed by atoms with Crippen LogP contribution in [0.3, 0.4) is 0 Å². The first-order chi connectivity index (χ1) is 9.16. The number of hydrogen-bond acceptors (Lipinski definition) is 3. The Morgan fingerprint density at radius 3 is 1.95 bits per heavy atom. The minimum atomic E-state index is -2.47. The third-order valence-electron chi connectivity index (χ3n) is 4.46. The normalized spacial score (nSPS) is 19.6. The smallest absolute Gasteiger partial charge is 0.374 e. The number of likely N-dealkylation sites (tertiary alicyclic amines) is 1. The quantitative estimate of drug-likeness (QED) is 0.371. The first-order valence-electron chi connectivity index (χ1n) is 7.66. The van der Waals surface area contributed by atoms with E-state index in [1.807, 2.05) is 0 Å². The minimum Gasteiger partial charge on any atom is -0.374 e. The zero-order valence-electron chi connectivity index (χ0n) is 13.2. The molecule has 1 aliphatic rings. The zero-order valence-corrected chi connectivity index (χ0v) is 14.2. The van der Waals surface area contributed by atoms with Crippen molar-refractivity contribution in [3.63, 3.8) is 0 Å². The van der Waals surface area contributed by atoms with E-state index in [0.29, 0.717) is 0 Å². The number of piperidine rings is 1. The highest BCUT2D eigenvalue weighted by molar-refractivity contribution is 6.60. The second kappa shape index (κ2) is 8.37. The van der Waals surface area contributed by atoms with Gasteiger partial charge in [0.25, 0.3) is 0 Å². The van der Waals surface area contributed by atoms with Crippen molar-refractivity contribution >= 4 is 8.80 Å². The average Bonchev–Trinajstić information content (AvgIpc) is 2.46. The van der Waals surface area contributed by atoms with Crippen LogP contribution in [0.5, 0.6) is 0 Å². The van der Waals surface area contributed by atoms with Crippen LogP contribution in [-0.2, 0) is 13.3 Å². The summed E-state index contributed by atoms with van der Waals surface area (Å²) in [6.45, 7) is 6.03. The molecule has 0 saturated carbocycles. The molecule has 0 bridgehead atoms. The standard InChI is InChI=1S/C14H32NO3Si/c1-5-6-8-11-15(12-9-7-10-13-15)14-19(16-2,17-3)18-4/h5-14H2,1-4H3/q+1. The van der Waals surface area contributed by atoms with E-state index in [1.54, 1.807) is 21.3 Å². The van der Waals surface area contributed by atoms with Gasteiger partial charge in [0.1, 0.15) is 6.17 Å². The summed E-state index contributed by atoms with van der Waals surface area (Å²) in [6.07, 6.45) is 8.86. The molecule has 0 N–H and O–H groups in total. The topological polar surface area (TPSA) is 27.7 Å². The SMILES string of the molecule is CCCCC[N+]1(C[Si](OC)(OC)OC)CCCCC1. The molecule has 19 heavy (non-hydrogen) atoms. The van der Waals surface area contributed by atoms with Crippen molar-refractivity contribution in [3.05, 3.63) is 0 Å². The molecule has 0 atom stereocenters. The second-order valence-electron chi connectivity index (χ2n) is 5.73. The average molecular weight is 291 g/mol. The van der Waals surface area contributed by atoms with Crippen LogP contribution in [0.25, 0.3) is 0 Å². The van der Waals surface area contributed by atoms with Gasteiger partial charge in [0.05, 0.1) is 19.6 Å². The van der Waals surface area contributed by atoms with Gasteiger partial charge in [-0.05, 0) is 32.1 Å². The minimum absolute atomic E-state index is 0.931. The molecule has 114 valence electrons. The van der Waals surface area contributed by atoms with Crippen LogP contribution >= 0.6 is 0 Å². The molecule has 1 saturated heterocycles. The van der Waals surface area contributed by atoms with E-state index < -0.39 is 8.80 Å². The van der Waals surface area contributed by atoms with E-state index in [0.717, 1.165) is 10.7 Å². The fraction of sp³-hybridized carbons (Fsp3) is 1.00. The van der Waals surface area contributed by atoms with Crippen molar-refractivity contribution in [1.82, 2.24) is 0 Å². The lowest BCUT2D eigenvalue weighted by Gasteiger charge is -2.44. The molecule has 0 radical (unpaired) electrons. The Hall–Kier alpha value is 0.0569. The van der Waals surface area contributed by atoms with Crippen LogP contribution in [0, 0.1) is 0 Å². The predicted molar refractivity (Wildman–Crippen MR) is 79.9 cm³/mol. The third kappa shape index (κ3) is 4.83. The molecule has 1 aliphatic heterocycles. The van der Waals surface area contributed by atoms with Gasteiger partial charge >= 0.3 is 8.80 Å². The summed E-state index contributed by atoms with van der Waals surface area (Å²) in [7, 11) is 2.72. The maximum Gasteiger partial charge on any atom is 0.558 e. The lowest BCUT2D eigenvalue weighted by Crippen LogP contribution is -2.64. The number of quaternary nitrogens is 1. The van der Waals surface area contributed by atoms with Crippen molar-refractivity contribution in [2.45, 2.75) is 45.4 Å². The van der Waals surface area contributed by atoms with Crippen LogP contribution < -0.4 is 0 Å². The molecule has 0 unspecified atom stereocenters. The van der Waals surface area contributed by atoms with E-state index in [2.05, 4.69) is 6.92 Å². The van der Waals surface area contributed by atoms with E-state index >= 15 is 0 Å². The molecular weight excluding hydrogens is 258 g/mol. The largest absolute Gasteiger partial charge is 0.558 e. The fourth-order valence-corrected chi connectivity index (χ4v) is 5.38. The number of hydrogen-bond donors (Lipinski definition) is 0. The summed E-state index contributed by atoms with van der Waals surface area (Å²) in [5.74, 6) is 0. The zero-order chi connectivity index (χ0) is 14.2. The number of rotatable bonds is 9. The molecule has 0 aromatic carbocycles. The van der Waals surface area contributed by atoms with Crippen LogP contribution in [-0.4, -0.2) is 60.4 Å². The highest BCUT2D eigenvalue weighted by Gasteiger charge is 2.48. The van der Waals surface area contributed by atoms with E-state index in [4.69, 9.17) is 13.3 Å². The molecule has 1 rings (SSSR count). The van der Waals surface area contributed by atoms with Gasteiger partial charge in [0.15, 0.2) is 0 Å². The Bertz CT molecular complexity index is 233. The predicted octanol–water partition coefficient (Wildman–Crippen LogP) is 2.59. The molecule has 1 fully saturated rings. The molecule has 0 spiro atoms. The molecule has 0 aromatic rings. The Morgan fingerprint density at radius 1 is 0.895 bits per heavy atom. The van der Waals surface area contributed by atoms with Crippen LogP contribution in [0.4, 0.5) is 0 Å². The maximum atomic E-state index is 5.65. The fourth-order valence-electron chi connectivity index (χ4n) is 3.20. The Morgan fingerprint density at radius 2 is 1.47 bits per heavy atom. The second-order valence-corrected chi connectivity index (χ2v) is 8.64. The lowest BCUT2D eigenvalue weighted by molar-refractivity contribution is -0.925. The van der Waals surface area contributed by atoms with Crippen LogP contribution in [0.2, 0.25) is 0 Å². The van der Waals surface area contributed by atoms with Crippen molar-refractivity contribution < 1.29 is 17.8 Å². The van der Waals surface area contributed by atoms with Gasteiger partial charge in [-0.25, -0.2) is 0 Å². The van der Waals surface area contributed by atoms with E-state index in [9.17, 15) is 0 Å². The van der Waals surface area contributed by atoms with Crippen molar-refractivity contribution in [2.24, 2.45) is 0 Å². The maximum absolute atomic E-state index is 5.65. The van der Waals surface area contributed by atoms with Gasteiger partial charge in [-0.15, -0.1) is 0 Å². The van der Waals surface area contributed by atoms with Gasteiger partial charge < -0.3 is 17.8 Å². The summed E-state index contributed by atoms with van der Waals surface area (Å²) >= 11 is 0. The summed E-state index contributed by atoms with van der Waals surface area (Å²) in [4.78, 5) is 0. The number of unbranched alkanes of at least 4 members (excludes halogenated alkanes) is 2. The van der Waals surface area contributed by atoms with E-state index in [-0.39, 0.29) is 0 Å². The summed E-state index contributed by atoms with van der Waals surface area (Å²) in [5.41, 5.74) is 0. The van der Waals surface area contributed by atoms with Gasteiger partial charge in [-0.2, -0.15) is 0 Å². The monoisotopic (exact) mass is 290 g/mol.